The number of rotatable bonds is 6. The van der Waals surface area contributed by atoms with E-state index in [0.717, 1.165) is 21.8 Å². The lowest BCUT2D eigenvalue weighted by Crippen LogP contribution is -2.30. The molecular weight excluding hydrogens is 436 g/mol. The number of phenols is 1. The van der Waals surface area contributed by atoms with Crippen LogP contribution < -0.4 is 10.1 Å². The van der Waals surface area contributed by atoms with Crippen molar-refractivity contribution in [2.45, 2.75) is 25.3 Å². The summed E-state index contributed by atoms with van der Waals surface area (Å²) in [7, 11) is -3.72. The second-order valence-electron chi connectivity index (χ2n) is 6.97. The van der Waals surface area contributed by atoms with Crippen LogP contribution in [0, 0.1) is 0 Å². The van der Waals surface area contributed by atoms with Crippen molar-refractivity contribution in [3.05, 3.63) is 59.0 Å². The van der Waals surface area contributed by atoms with Crippen LogP contribution >= 0.6 is 11.3 Å². The van der Waals surface area contributed by atoms with Crippen molar-refractivity contribution >= 4 is 33.0 Å². The zero-order chi connectivity index (χ0) is 22.2. The predicted molar refractivity (Wildman–Crippen MR) is 120 cm³/mol. The number of para-hydroxylation sites is 1. The van der Waals surface area contributed by atoms with Gasteiger partial charge in [0.2, 0.25) is 10.0 Å². The summed E-state index contributed by atoms with van der Waals surface area (Å²) in [5.74, 6) is 0.141. The molecule has 4 rings (SSSR count). The number of anilines is 1. The van der Waals surface area contributed by atoms with Gasteiger partial charge in [0.1, 0.15) is 18.1 Å². The number of phenolic OH excluding ortho intramolecular Hbond substituents is 1. The van der Waals surface area contributed by atoms with Crippen LogP contribution in [0.2, 0.25) is 0 Å². The molecule has 7 nitrogen and oxygen atoms in total. The number of carbonyl (C=O) groups excluding carboxylic acids is 1. The second-order valence-corrected chi connectivity index (χ2v) is 9.96. The summed E-state index contributed by atoms with van der Waals surface area (Å²) in [4.78, 5) is 14.3. The van der Waals surface area contributed by atoms with E-state index in [0.29, 0.717) is 24.6 Å². The monoisotopic (exact) mass is 458 g/mol. The Morgan fingerprint density at radius 2 is 1.90 bits per heavy atom. The van der Waals surface area contributed by atoms with Gasteiger partial charge in [0, 0.05) is 29.1 Å². The van der Waals surface area contributed by atoms with Crippen molar-refractivity contribution < 1.29 is 23.1 Å². The maximum absolute atomic E-state index is 12.9. The minimum Gasteiger partial charge on any atom is -0.506 e. The van der Waals surface area contributed by atoms with E-state index >= 15 is 0 Å². The summed E-state index contributed by atoms with van der Waals surface area (Å²) < 4.78 is 32.6. The van der Waals surface area contributed by atoms with Gasteiger partial charge in [0.25, 0.3) is 5.91 Å². The van der Waals surface area contributed by atoms with Crippen molar-refractivity contribution in [1.82, 2.24) is 4.31 Å². The summed E-state index contributed by atoms with van der Waals surface area (Å²) in [5, 5.41) is 12.8. The van der Waals surface area contributed by atoms with Crippen LogP contribution in [-0.2, 0) is 16.6 Å². The van der Waals surface area contributed by atoms with E-state index in [9.17, 15) is 18.3 Å². The third kappa shape index (κ3) is 3.91. The van der Waals surface area contributed by atoms with Crippen LogP contribution in [0.4, 0.5) is 5.69 Å². The molecule has 31 heavy (non-hydrogen) atoms. The highest BCUT2D eigenvalue weighted by atomic mass is 32.2. The number of ether oxygens (including phenoxy) is 1. The molecule has 2 N–H and O–H groups in total. The molecule has 2 aromatic carbocycles. The lowest BCUT2D eigenvalue weighted by molar-refractivity contribution is 0.103. The minimum atomic E-state index is -3.72. The molecule has 0 radical (unpaired) electrons. The molecule has 2 heterocycles. The van der Waals surface area contributed by atoms with Gasteiger partial charge in [0.15, 0.2) is 0 Å². The van der Waals surface area contributed by atoms with Gasteiger partial charge in [-0.3, -0.25) is 4.79 Å². The van der Waals surface area contributed by atoms with E-state index in [-0.39, 0.29) is 16.3 Å². The average Bonchev–Trinajstić information content (AvgIpc) is 3.21. The fourth-order valence-electron chi connectivity index (χ4n) is 3.48. The van der Waals surface area contributed by atoms with Crippen molar-refractivity contribution in [3.63, 3.8) is 0 Å². The lowest BCUT2D eigenvalue weighted by atomic mass is 10.1. The molecule has 0 aliphatic carbocycles. The maximum Gasteiger partial charge on any atom is 0.265 e. The number of carbonyl (C=O) groups is 1. The Balaban J connectivity index is 1.63. The first-order valence-electron chi connectivity index (χ1n) is 9.84. The fraction of sp³-hybridized carbons (Fsp3) is 0.227. The standard InChI is InChI=1S/C22H22N2O5S2/c1-3-24(4-2)31(27,28)15-9-10-18(25)17(12-15)23-22(26)20-11-14-13-29-19-8-6-5-7-16(19)21(14)30-20/h5-12,25H,3-4,13H2,1-2H3,(H,23,26). The largest absolute Gasteiger partial charge is 0.506 e. The molecule has 0 saturated heterocycles. The molecule has 0 spiro atoms. The molecule has 0 fully saturated rings. The molecule has 1 aromatic heterocycles. The third-order valence-corrected chi connectivity index (χ3v) is 8.36. The Hall–Kier alpha value is -2.88. The highest BCUT2D eigenvalue weighted by Crippen LogP contribution is 2.42. The Morgan fingerprint density at radius 1 is 1.16 bits per heavy atom. The van der Waals surface area contributed by atoms with Crippen LogP contribution in [0.25, 0.3) is 10.4 Å². The van der Waals surface area contributed by atoms with Gasteiger partial charge in [-0.2, -0.15) is 4.31 Å². The van der Waals surface area contributed by atoms with Crippen molar-refractivity contribution in [1.29, 1.82) is 0 Å². The molecular formula is C22H22N2O5S2. The van der Waals surface area contributed by atoms with Gasteiger partial charge in [0.05, 0.1) is 15.5 Å². The Labute approximate surface area is 185 Å². The van der Waals surface area contributed by atoms with Crippen LogP contribution in [-0.4, -0.2) is 36.8 Å². The lowest BCUT2D eigenvalue weighted by Gasteiger charge is -2.19. The van der Waals surface area contributed by atoms with Gasteiger partial charge >= 0.3 is 0 Å². The molecule has 1 amide bonds. The number of thiophene rings is 1. The Bertz CT molecular complexity index is 1250. The molecule has 0 atom stereocenters. The third-order valence-electron chi connectivity index (χ3n) is 5.11. The molecule has 162 valence electrons. The predicted octanol–water partition coefficient (Wildman–Crippen LogP) is 4.30. The van der Waals surface area contributed by atoms with Crippen LogP contribution in [0.15, 0.2) is 53.4 Å². The van der Waals surface area contributed by atoms with Gasteiger partial charge in [-0.1, -0.05) is 26.0 Å². The minimum absolute atomic E-state index is 0.0112. The summed E-state index contributed by atoms with van der Waals surface area (Å²) in [5.41, 5.74) is 1.89. The van der Waals surface area contributed by atoms with Crippen molar-refractivity contribution in [2.24, 2.45) is 0 Å². The summed E-state index contributed by atoms with van der Waals surface area (Å²) in [6.45, 7) is 4.53. The number of aromatic hydroxyl groups is 1. The van der Waals surface area contributed by atoms with Gasteiger partial charge in [-0.05, 0) is 36.4 Å². The number of nitrogens with zero attached hydrogens (tertiary/aromatic N) is 1. The maximum atomic E-state index is 12.9. The normalized spacial score (nSPS) is 12.7. The molecule has 0 saturated carbocycles. The molecule has 1 aliphatic heterocycles. The first-order chi connectivity index (χ1) is 14.8. The topological polar surface area (TPSA) is 95.9 Å². The van der Waals surface area contributed by atoms with E-state index < -0.39 is 15.9 Å². The van der Waals surface area contributed by atoms with Crippen LogP contribution in [0.1, 0.15) is 29.1 Å². The first kappa shape index (κ1) is 21.4. The Kier molecular flexibility index (Phi) is 5.74. The number of hydrogen-bond acceptors (Lipinski definition) is 6. The van der Waals surface area contributed by atoms with Gasteiger partial charge < -0.3 is 15.2 Å². The van der Waals surface area contributed by atoms with E-state index in [1.165, 1.54) is 33.8 Å². The van der Waals surface area contributed by atoms with E-state index in [1.807, 2.05) is 24.3 Å². The van der Waals surface area contributed by atoms with Crippen molar-refractivity contribution in [3.8, 4) is 21.9 Å². The zero-order valence-electron chi connectivity index (χ0n) is 17.1. The number of hydrogen-bond donors (Lipinski definition) is 2. The number of nitrogens with one attached hydrogen (secondary N) is 1. The smallest absolute Gasteiger partial charge is 0.265 e. The highest BCUT2D eigenvalue weighted by molar-refractivity contribution is 7.89. The van der Waals surface area contributed by atoms with E-state index in [1.54, 1.807) is 19.9 Å². The van der Waals surface area contributed by atoms with Gasteiger partial charge in [-0.25, -0.2) is 8.42 Å². The number of benzene rings is 2. The molecule has 3 aromatic rings. The first-order valence-corrected chi connectivity index (χ1v) is 12.1. The summed E-state index contributed by atoms with van der Waals surface area (Å²) >= 11 is 1.33. The summed E-state index contributed by atoms with van der Waals surface area (Å²) in [6.07, 6.45) is 0. The zero-order valence-corrected chi connectivity index (χ0v) is 18.7. The molecule has 0 unspecified atom stereocenters. The molecule has 9 heteroatoms. The fourth-order valence-corrected chi connectivity index (χ4v) is 6.06. The van der Waals surface area contributed by atoms with E-state index in [2.05, 4.69) is 5.32 Å². The summed E-state index contributed by atoms with van der Waals surface area (Å²) in [6, 6.07) is 13.3. The molecule has 1 aliphatic rings. The van der Waals surface area contributed by atoms with Crippen molar-refractivity contribution in [2.75, 3.05) is 18.4 Å². The van der Waals surface area contributed by atoms with Crippen LogP contribution in [0.3, 0.4) is 0 Å². The van der Waals surface area contributed by atoms with Crippen LogP contribution in [0.5, 0.6) is 11.5 Å². The quantitative estimate of drug-likeness (QED) is 0.537. The average molecular weight is 459 g/mol. The van der Waals surface area contributed by atoms with E-state index in [4.69, 9.17) is 4.74 Å². The number of sulfonamides is 1. The Morgan fingerprint density at radius 3 is 2.65 bits per heavy atom. The highest BCUT2D eigenvalue weighted by Gasteiger charge is 2.25. The SMILES string of the molecule is CCN(CC)S(=O)(=O)c1ccc(O)c(NC(=O)c2cc3c(s2)-c2ccccc2OC3)c1. The second kappa shape index (κ2) is 8.33. The number of amides is 1. The van der Waals surface area contributed by atoms with Gasteiger partial charge in [-0.15, -0.1) is 11.3 Å². The molecule has 0 bridgehead atoms. The number of fused-ring (bicyclic) bond motifs is 3.